The van der Waals surface area contributed by atoms with Gasteiger partial charge in [-0.15, -0.1) is 0 Å². The maximum absolute atomic E-state index is 9.82. The molecule has 0 bridgehead atoms. The first-order valence-electron chi connectivity index (χ1n) is 6.38. The number of ether oxygens (including phenoxy) is 1. The van der Waals surface area contributed by atoms with Crippen molar-refractivity contribution in [2.24, 2.45) is 0 Å². The molecule has 4 nitrogen and oxygen atoms in total. The van der Waals surface area contributed by atoms with Crippen molar-refractivity contribution in [2.75, 3.05) is 20.2 Å². The van der Waals surface area contributed by atoms with Crippen LogP contribution in [-0.4, -0.2) is 36.1 Å². The topological polar surface area (TPSA) is 42.4 Å². The van der Waals surface area contributed by atoms with Gasteiger partial charge in [0, 0.05) is 25.4 Å². The molecular weight excluding hydrogens is 228 g/mol. The summed E-state index contributed by atoms with van der Waals surface area (Å²) in [6.45, 7) is 4.87. The van der Waals surface area contributed by atoms with E-state index in [9.17, 15) is 4.79 Å². The van der Waals surface area contributed by atoms with E-state index in [0.717, 1.165) is 0 Å². The third-order valence-electron chi connectivity index (χ3n) is 2.94. The molecule has 100 valence electrons. The van der Waals surface area contributed by atoms with Crippen molar-refractivity contribution in [3.63, 3.8) is 0 Å². The smallest absolute Gasteiger partial charge is 0.302 e. The molecule has 18 heavy (non-hydrogen) atoms. The summed E-state index contributed by atoms with van der Waals surface area (Å²) in [5.74, 6) is -0.211. The fraction of sp³-hybridized carbons (Fsp3) is 0.571. The molecular formula is C14H22N2O2. The van der Waals surface area contributed by atoms with E-state index in [-0.39, 0.29) is 5.97 Å². The Morgan fingerprint density at radius 1 is 1.61 bits per heavy atom. The highest BCUT2D eigenvalue weighted by molar-refractivity contribution is 5.65. The van der Waals surface area contributed by atoms with Crippen LogP contribution in [0.5, 0.6) is 0 Å². The lowest BCUT2D eigenvalue weighted by atomic mass is 10.1. The minimum absolute atomic E-state index is 0.211. The van der Waals surface area contributed by atoms with Crippen LogP contribution in [0, 0.1) is 0 Å². The molecule has 2 rings (SSSR count). The third kappa shape index (κ3) is 4.84. The molecule has 1 atom stereocenters. The normalized spacial score (nSPS) is 18.9. The van der Waals surface area contributed by atoms with Gasteiger partial charge in [0.2, 0.25) is 0 Å². The van der Waals surface area contributed by atoms with Gasteiger partial charge in [0.25, 0.3) is 0 Å². The number of hydrogen-bond donors (Lipinski definition) is 0. The average Bonchev–Trinajstić information content (AvgIpc) is 2.77. The molecule has 1 aromatic rings. The van der Waals surface area contributed by atoms with Crippen molar-refractivity contribution in [3.05, 3.63) is 30.1 Å². The molecule has 4 heteroatoms. The average molecular weight is 250 g/mol. The van der Waals surface area contributed by atoms with E-state index in [1.807, 2.05) is 18.5 Å². The van der Waals surface area contributed by atoms with Crippen LogP contribution in [0.1, 0.15) is 38.3 Å². The predicted octanol–water partition coefficient (Wildman–Crippen LogP) is 2.42. The van der Waals surface area contributed by atoms with Gasteiger partial charge in [0.15, 0.2) is 0 Å². The van der Waals surface area contributed by atoms with Gasteiger partial charge in [0.05, 0.1) is 6.61 Å². The fourth-order valence-corrected chi connectivity index (χ4v) is 2.11. The van der Waals surface area contributed by atoms with Crippen LogP contribution >= 0.6 is 0 Å². The van der Waals surface area contributed by atoms with E-state index in [1.54, 1.807) is 6.92 Å². The van der Waals surface area contributed by atoms with Crippen LogP contribution in [0.25, 0.3) is 0 Å². The monoisotopic (exact) mass is 250 g/mol. The number of carbonyl (C=O) groups excluding carboxylic acids is 1. The van der Waals surface area contributed by atoms with Gasteiger partial charge in [-0.25, -0.2) is 0 Å². The lowest BCUT2D eigenvalue weighted by Crippen LogP contribution is -2.17. The Morgan fingerprint density at radius 3 is 2.78 bits per heavy atom. The number of nitrogens with zero attached hydrogens (tertiary/aromatic N) is 2. The van der Waals surface area contributed by atoms with E-state index in [2.05, 4.69) is 27.7 Å². The summed E-state index contributed by atoms with van der Waals surface area (Å²) >= 11 is 0. The van der Waals surface area contributed by atoms with Crippen molar-refractivity contribution in [1.82, 2.24) is 9.88 Å². The minimum Gasteiger partial charge on any atom is -0.466 e. The summed E-state index contributed by atoms with van der Waals surface area (Å²) in [5, 5.41) is 0. The van der Waals surface area contributed by atoms with Gasteiger partial charge in [-0.2, -0.15) is 0 Å². The summed E-state index contributed by atoms with van der Waals surface area (Å²) < 4.78 is 4.40. The molecule has 1 saturated heterocycles. The highest BCUT2D eigenvalue weighted by atomic mass is 16.5. The lowest BCUT2D eigenvalue weighted by molar-refractivity contribution is -0.140. The molecule has 1 aromatic heterocycles. The number of pyridine rings is 1. The van der Waals surface area contributed by atoms with Crippen LogP contribution in [0.4, 0.5) is 0 Å². The first-order chi connectivity index (χ1) is 8.65. The molecule has 1 fully saturated rings. The summed E-state index contributed by atoms with van der Waals surface area (Å²) in [6.07, 6.45) is 6.41. The molecule has 0 spiro atoms. The van der Waals surface area contributed by atoms with Gasteiger partial charge >= 0.3 is 5.97 Å². The Kier molecular flexibility index (Phi) is 6.36. The maximum atomic E-state index is 9.82. The van der Waals surface area contributed by atoms with E-state index in [4.69, 9.17) is 0 Å². The van der Waals surface area contributed by atoms with Gasteiger partial charge in [0.1, 0.15) is 0 Å². The van der Waals surface area contributed by atoms with E-state index >= 15 is 0 Å². The highest BCUT2D eigenvalue weighted by Crippen LogP contribution is 2.29. The largest absolute Gasteiger partial charge is 0.466 e. The van der Waals surface area contributed by atoms with Crippen molar-refractivity contribution < 1.29 is 9.53 Å². The first kappa shape index (κ1) is 14.6. The van der Waals surface area contributed by atoms with Gasteiger partial charge in [-0.05, 0) is 45.0 Å². The second kappa shape index (κ2) is 7.82. The number of rotatable bonds is 2. The summed E-state index contributed by atoms with van der Waals surface area (Å²) in [5.41, 5.74) is 1.36. The summed E-state index contributed by atoms with van der Waals surface area (Å²) in [6, 6.07) is 4.79. The van der Waals surface area contributed by atoms with Crippen molar-refractivity contribution in [3.8, 4) is 0 Å². The number of esters is 1. The van der Waals surface area contributed by atoms with Gasteiger partial charge in [-0.1, -0.05) is 6.07 Å². The number of aromatic nitrogens is 1. The van der Waals surface area contributed by atoms with Crippen LogP contribution in [0.3, 0.4) is 0 Å². The molecule has 1 aliphatic heterocycles. The molecule has 0 radical (unpaired) electrons. The number of likely N-dealkylation sites (tertiary alicyclic amines) is 1. The Balaban J connectivity index is 0.000000232. The summed E-state index contributed by atoms with van der Waals surface area (Å²) in [4.78, 5) is 16.4. The standard InChI is InChI=1S/C10H14N2.C4H8O2/c1-12-7-3-5-10(12)9-4-2-6-11-8-9;1-3-6-4(2)5/h2,4,6,8,10H,3,5,7H2,1H3;3H2,1-2H3/t10-;/m0./s1. The van der Waals surface area contributed by atoms with E-state index in [1.165, 1.54) is 31.9 Å². The van der Waals surface area contributed by atoms with Crippen molar-refractivity contribution >= 4 is 5.97 Å². The minimum atomic E-state index is -0.211. The van der Waals surface area contributed by atoms with E-state index in [0.29, 0.717) is 12.6 Å². The van der Waals surface area contributed by atoms with E-state index < -0.39 is 0 Å². The van der Waals surface area contributed by atoms with Crippen molar-refractivity contribution in [1.29, 1.82) is 0 Å². The molecule has 0 amide bonds. The Labute approximate surface area is 109 Å². The molecule has 0 N–H and O–H groups in total. The Morgan fingerprint density at radius 2 is 2.39 bits per heavy atom. The zero-order chi connectivity index (χ0) is 13.4. The Bertz CT molecular complexity index is 354. The molecule has 0 saturated carbocycles. The predicted molar refractivity (Wildman–Crippen MR) is 71.1 cm³/mol. The summed E-state index contributed by atoms with van der Waals surface area (Å²) in [7, 11) is 2.19. The third-order valence-corrected chi connectivity index (χ3v) is 2.94. The maximum Gasteiger partial charge on any atom is 0.302 e. The van der Waals surface area contributed by atoms with Crippen LogP contribution in [-0.2, 0) is 9.53 Å². The van der Waals surface area contributed by atoms with Crippen LogP contribution in [0.15, 0.2) is 24.5 Å². The second-order valence-electron chi connectivity index (χ2n) is 4.35. The van der Waals surface area contributed by atoms with Crippen molar-refractivity contribution in [2.45, 2.75) is 32.7 Å². The number of hydrogen-bond acceptors (Lipinski definition) is 4. The Hall–Kier alpha value is -1.42. The lowest BCUT2D eigenvalue weighted by Gasteiger charge is -2.18. The molecule has 0 aromatic carbocycles. The van der Waals surface area contributed by atoms with Gasteiger partial charge < -0.3 is 4.74 Å². The van der Waals surface area contributed by atoms with Crippen LogP contribution in [0.2, 0.25) is 0 Å². The zero-order valence-electron chi connectivity index (χ0n) is 11.4. The van der Waals surface area contributed by atoms with Crippen LogP contribution < -0.4 is 0 Å². The SMILES string of the molecule is CCOC(C)=O.CN1CCC[C@H]1c1cccnc1. The second-order valence-corrected chi connectivity index (χ2v) is 4.35. The zero-order valence-corrected chi connectivity index (χ0v) is 11.4. The molecule has 0 aliphatic carbocycles. The first-order valence-corrected chi connectivity index (χ1v) is 6.38. The molecule has 2 heterocycles. The molecule has 1 aliphatic rings. The van der Waals surface area contributed by atoms with Gasteiger partial charge in [-0.3, -0.25) is 14.7 Å². The quantitative estimate of drug-likeness (QED) is 0.756. The highest BCUT2D eigenvalue weighted by Gasteiger charge is 2.21. The fourth-order valence-electron chi connectivity index (χ4n) is 2.11. The molecule has 0 unspecified atom stereocenters. The number of carbonyl (C=O) groups is 1.